The molecule has 1 saturated carbocycles. The monoisotopic (exact) mass is 329 g/mol. The molecular weight excluding hydrogens is 313 g/mol. The Kier molecular flexibility index (Phi) is 3.60. The van der Waals surface area contributed by atoms with E-state index in [2.05, 4.69) is 5.32 Å². The van der Waals surface area contributed by atoms with E-state index >= 15 is 0 Å². The van der Waals surface area contributed by atoms with Crippen molar-refractivity contribution in [3.05, 3.63) is 23.8 Å². The van der Waals surface area contributed by atoms with Crippen LogP contribution in [0.1, 0.15) is 23.2 Å². The van der Waals surface area contributed by atoms with Crippen LogP contribution < -0.4 is 10.1 Å². The number of ether oxygens (including phenoxy) is 1. The van der Waals surface area contributed by atoms with E-state index in [0.717, 1.165) is 0 Å². The fraction of sp³-hybridized carbons (Fsp3) is 0.500. The molecule has 0 amide bonds. The molecule has 0 radical (unpaired) electrons. The van der Waals surface area contributed by atoms with Gasteiger partial charge in [0, 0.05) is 23.1 Å². The van der Waals surface area contributed by atoms with Gasteiger partial charge in [0.25, 0.3) is 10.1 Å². The molecule has 0 bridgehead atoms. The van der Waals surface area contributed by atoms with Gasteiger partial charge in [-0.05, 0) is 31.0 Å². The summed E-state index contributed by atoms with van der Waals surface area (Å²) < 4.78 is 51.6. The molecule has 0 saturated heterocycles. The minimum Gasteiger partial charge on any atom is -0.497 e. The summed E-state index contributed by atoms with van der Waals surface area (Å²) in [5.41, 5.74) is 0.563. The molecule has 1 fully saturated rings. The van der Waals surface area contributed by atoms with Crippen LogP contribution in [0.2, 0.25) is 0 Å². The number of carbonyl (C=O) groups is 1. The number of ketones is 1. The van der Waals surface area contributed by atoms with E-state index in [0.29, 0.717) is 11.4 Å². The van der Waals surface area contributed by atoms with Gasteiger partial charge in [-0.3, -0.25) is 9.35 Å². The van der Waals surface area contributed by atoms with Gasteiger partial charge in [0.1, 0.15) is 11.9 Å². The van der Waals surface area contributed by atoms with E-state index < -0.39 is 33.5 Å². The molecule has 1 aliphatic carbocycles. The smallest absolute Gasteiger partial charge is 0.286 e. The number of rotatable bonds is 2. The number of halogens is 1. The predicted octanol–water partition coefficient (Wildman–Crippen LogP) is 1.88. The zero-order chi connectivity index (χ0) is 16.1. The maximum Gasteiger partial charge on any atom is 0.286 e. The highest BCUT2D eigenvalue weighted by Crippen LogP contribution is 2.44. The largest absolute Gasteiger partial charge is 0.497 e. The van der Waals surface area contributed by atoms with E-state index in [1.807, 2.05) is 0 Å². The molecule has 4 unspecified atom stereocenters. The van der Waals surface area contributed by atoms with Crippen LogP contribution in [0.5, 0.6) is 5.75 Å². The number of Topliss-reactive ketones (excluding diaryl/α,β-unsaturated/α-hetero) is 1. The number of benzene rings is 1. The quantitative estimate of drug-likeness (QED) is 0.805. The molecule has 2 N–H and O–H groups in total. The third kappa shape index (κ3) is 2.46. The predicted molar refractivity (Wildman–Crippen MR) is 77.4 cm³/mol. The highest BCUT2D eigenvalue weighted by Gasteiger charge is 2.49. The van der Waals surface area contributed by atoms with Gasteiger partial charge >= 0.3 is 0 Å². The van der Waals surface area contributed by atoms with Crippen molar-refractivity contribution in [1.82, 2.24) is 0 Å². The fourth-order valence-corrected chi connectivity index (χ4v) is 4.40. The van der Waals surface area contributed by atoms with Crippen LogP contribution in [0, 0.1) is 11.8 Å². The van der Waals surface area contributed by atoms with Gasteiger partial charge < -0.3 is 10.1 Å². The first-order valence-electron chi connectivity index (χ1n) is 6.90. The summed E-state index contributed by atoms with van der Waals surface area (Å²) in [7, 11) is -3.02. The molecule has 4 atom stereocenters. The maximum absolute atomic E-state index is 13.7. The Labute approximate surface area is 127 Å². The lowest BCUT2D eigenvalue weighted by Crippen LogP contribution is -2.38. The van der Waals surface area contributed by atoms with Gasteiger partial charge in [0.2, 0.25) is 0 Å². The molecule has 120 valence electrons. The lowest BCUT2D eigenvalue weighted by molar-refractivity contribution is 0.0892. The Bertz CT molecular complexity index is 720. The number of nitrogens with one attached hydrogen (secondary N) is 1. The summed E-state index contributed by atoms with van der Waals surface area (Å²) in [6.07, 6.45) is -1.36. The molecule has 0 spiro atoms. The Morgan fingerprint density at radius 3 is 2.73 bits per heavy atom. The minimum absolute atomic E-state index is 0.0339. The van der Waals surface area contributed by atoms with Crippen LogP contribution in [-0.4, -0.2) is 37.4 Å². The summed E-state index contributed by atoms with van der Waals surface area (Å²) in [6, 6.07) is 4.61. The van der Waals surface area contributed by atoms with Crippen LogP contribution in [0.15, 0.2) is 18.2 Å². The zero-order valence-corrected chi connectivity index (χ0v) is 12.6. The summed E-state index contributed by atoms with van der Waals surface area (Å²) in [4.78, 5) is 12.7. The second-order valence-corrected chi connectivity index (χ2v) is 7.23. The molecule has 1 heterocycles. The molecule has 3 rings (SSSR count). The molecular formula is C14H16FNO5S. The topological polar surface area (TPSA) is 92.7 Å². The Morgan fingerprint density at radius 1 is 1.36 bits per heavy atom. The van der Waals surface area contributed by atoms with Crippen LogP contribution in [0.25, 0.3) is 0 Å². The van der Waals surface area contributed by atoms with Gasteiger partial charge in [-0.25, -0.2) is 4.39 Å². The van der Waals surface area contributed by atoms with Gasteiger partial charge in [0.15, 0.2) is 11.2 Å². The Morgan fingerprint density at radius 2 is 2.09 bits per heavy atom. The first-order chi connectivity index (χ1) is 10.3. The Hall–Kier alpha value is -1.67. The molecule has 2 aliphatic rings. The molecule has 22 heavy (non-hydrogen) atoms. The maximum atomic E-state index is 13.7. The summed E-state index contributed by atoms with van der Waals surface area (Å²) in [5, 5.41) is 1.30. The summed E-state index contributed by atoms with van der Waals surface area (Å²) in [5.74, 6) is -1.44. The Balaban J connectivity index is 2.13. The second kappa shape index (κ2) is 5.20. The number of alkyl halides is 1. The van der Waals surface area contributed by atoms with Gasteiger partial charge in [0.05, 0.1) is 7.11 Å². The third-order valence-corrected chi connectivity index (χ3v) is 5.50. The van der Waals surface area contributed by atoms with Crippen molar-refractivity contribution in [3.63, 3.8) is 0 Å². The van der Waals surface area contributed by atoms with Crippen molar-refractivity contribution in [3.8, 4) is 5.75 Å². The standard InChI is InChI=1S/C14H16FNO5S/c1-21-8-2-3-12-11(6-8)13(17)9-4-7(15)5-10(9)14(16-12)22(18,19)20/h2-3,6-7,9-10,14,16H,4-5H2,1H3,(H,18,19,20). The molecule has 8 heteroatoms. The molecule has 0 aromatic heterocycles. The van der Waals surface area contributed by atoms with Gasteiger partial charge in [-0.1, -0.05) is 0 Å². The second-order valence-electron chi connectivity index (χ2n) is 5.69. The first-order valence-corrected chi connectivity index (χ1v) is 8.40. The lowest BCUT2D eigenvalue weighted by atomic mass is 9.89. The number of methoxy groups -OCH3 is 1. The highest BCUT2D eigenvalue weighted by atomic mass is 32.2. The van der Waals surface area contributed by atoms with E-state index in [1.54, 1.807) is 6.07 Å². The zero-order valence-electron chi connectivity index (χ0n) is 11.8. The van der Waals surface area contributed by atoms with Gasteiger partial charge in [-0.15, -0.1) is 0 Å². The third-order valence-electron chi connectivity index (χ3n) is 4.39. The van der Waals surface area contributed by atoms with Gasteiger partial charge in [-0.2, -0.15) is 8.42 Å². The fourth-order valence-electron chi connectivity index (χ4n) is 3.38. The van der Waals surface area contributed by atoms with Crippen LogP contribution in [-0.2, 0) is 10.1 Å². The van der Waals surface area contributed by atoms with E-state index in [4.69, 9.17) is 4.74 Å². The average molecular weight is 329 g/mol. The van der Waals surface area contributed by atoms with Crippen molar-refractivity contribution < 1.29 is 26.9 Å². The van der Waals surface area contributed by atoms with Crippen LogP contribution in [0.3, 0.4) is 0 Å². The van der Waals surface area contributed by atoms with E-state index in [-0.39, 0.29) is 24.2 Å². The van der Waals surface area contributed by atoms with Crippen molar-refractivity contribution in [1.29, 1.82) is 0 Å². The lowest BCUT2D eigenvalue weighted by Gasteiger charge is -2.23. The molecule has 6 nitrogen and oxygen atoms in total. The number of carbonyl (C=O) groups excluding carboxylic acids is 1. The number of hydrogen-bond acceptors (Lipinski definition) is 5. The average Bonchev–Trinajstić information content (AvgIpc) is 2.79. The summed E-state index contributed by atoms with van der Waals surface area (Å²) in [6.45, 7) is 0. The number of fused-ring (bicyclic) bond motifs is 2. The SMILES string of the molecule is COc1ccc2c(c1)C(=O)C1CC(F)CC1C(S(=O)(=O)O)N2. The van der Waals surface area contributed by atoms with Crippen LogP contribution in [0.4, 0.5) is 10.1 Å². The van der Waals surface area contributed by atoms with Crippen LogP contribution >= 0.6 is 0 Å². The minimum atomic E-state index is -4.47. The molecule has 1 aromatic rings. The van der Waals surface area contributed by atoms with Crippen molar-refractivity contribution in [2.45, 2.75) is 24.4 Å². The van der Waals surface area contributed by atoms with Crippen molar-refractivity contribution in [2.75, 3.05) is 12.4 Å². The van der Waals surface area contributed by atoms with Crippen molar-refractivity contribution >= 4 is 21.6 Å². The molecule has 1 aliphatic heterocycles. The van der Waals surface area contributed by atoms with Crippen molar-refractivity contribution in [2.24, 2.45) is 11.8 Å². The van der Waals surface area contributed by atoms with E-state index in [9.17, 15) is 22.2 Å². The summed E-state index contributed by atoms with van der Waals surface area (Å²) >= 11 is 0. The molecule has 1 aromatic carbocycles. The highest BCUT2D eigenvalue weighted by molar-refractivity contribution is 7.86. The number of anilines is 1. The normalized spacial score (nSPS) is 31.0. The number of hydrogen-bond donors (Lipinski definition) is 2. The van der Waals surface area contributed by atoms with E-state index in [1.165, 1.54) is 19.2 Å². The first kappa shape index (κ1) is 15.2.